The number of piperidine rings is 1. The molecule has 1 saturated heterocycles. The number of aliphatic hydroxyl groups excluding tert-OH is 1. The zero-order valence-electron chi connectivity index (χ0n) is 7.93. The zero-order chi connectivity index (χ0) is 8.69. The van der Waals surface area contributed by atoms with Crippen molar-refractivity contribution >= 4 is 0 Å². The first-order valence-electron chi connectivity index (χ1n) is 4.66. The third-order valence-electron chi connectivity index (χ3n) is 2.20. The van der Waals surface area contributed by atoms with Crippen molar-refractivity contribution in [1.82, 2.24) is 5.32 Å². The Kier molecular flexibility index (Phi) is 6.57. The maximum absolute atomic E-state index is 8.83. The van der Waals surface area contributed by atoms with E-state index in [4.69, 9.17) is 5.11 Å². The van der Waals surface area contributed by atoms with E-state index in [0.29, 0.717) is 18.4 Å². The summed E-state index contributed by atoms with van der Waals surface area (Å²) in [6.45, 7) is 8.71. The fourth-order valence-electron chi connectivity index (χ4n) is 1.34. The molecule has 1 fully saturated rings. The summed E-state index contributed by atoms with van der Waals surface area (Å²) in [5.74, 6) is 1.20. The Morgan fingerprint density at radius 3 is 2.45 bits per heavy atom. The van der Waals surface area contributed by atoms with E-state index in [2.05, 4.69) is 12.2 Å². The molecule has 0 amide bonds. The summed E-state index contributed by atoms with van der Waals surface area (Å²) in [6, 6.07) is 0. The topological polar surface area (TPSA) is 32.3 Å². The highest BCUT2D eigenvalue weighted by Gasteiger charge is 2.19. The normalized spacial score (nSPS) is 30.5. The van der Waals surface area contributed by atoms with E-state index >= 15 is 0 Å². The standard InChI is InChI=1S/C7H15NO.C2H6/c1-6-4-8-3-2-7(6)5-9;1-2/h6-9H,2-5H2,1H3;1-2H3/t6-,7?;/m1./s1. The Labute approximate surface area is 70.0 Å². The van der Waals surface area contributed by atoms with Gasteiger partial charge >= 0.3 is 0 Å². The largest absolute Gasteiger partial charge is 0.396 e. The predicted molar refractivity (Wildman–Crippen MR) is 48.6 cm³/mol. The smallest absolute Gasteiger partial charge is 0.0462 e. The van der Waals surface area contributed by atoms with Crippen LogP contribution in [0.3, 0.4) is 0 Å². The molecule has 1 unspecified atom stereocenters. The highest BCUT2D eigenvalue weighted by atomic mass is 16.3. The van der Waals surface area contributed by atoms with E-state index in [1.807, 2.05) is 13.8 Å². The molecule has 2 nitrogen and oxygen atoms in total. The number of hydrogen-bond acceptors (Lipinski definition) is 2. The molecule has 0 radical (unpaired) electrons. The molecule has 11 heavy (non-hydrogen) atoms. The molecule has 1 aliphatic rings. The molecular weight excluding hydrogens is 138 g/mol. The Bertz CT molecular complexity index is 85.6. The van der Waals surface area contributed by atoms with Crippen molar-refractivity contribution < 1.29 is 5.11 Å². The van der Waals surface area contributed by atoms with Crippen LogP contribution in [-0.2, 0) is 0 Å². The van der Waals surface area contributed by atoms with Gasteiger partial charge in [-0.1, -0.05) is 20.8 Å². The van der Waals surface area contributed by atoms with Crippen LogP contribution in [0.4, 0.5) is 0 Å². The second-order valence-electron chi connectivity index (χ2n) is 2.91. The maximum atomic E-state index is 8.83. The Morgan fingerprint density at radius 2 is 2.09 bits per heavy atom. The van der Waals surface area contributed by atoms with Gasteiger partial charge in [0.15, 0.2) is 0 Å². The number of nitrogens with one attached hydrogen (secondary N) is 1. The quantitative estimate of drug-likeness (QED) is 0.603. The summed E-state index contributed by atoms with van der Waals surface area (Å²) in [6.07, 6.45) is 1.14. The van der Waals surface area contributed by atoms with Crippen molar-refractivity contribution in [3.63, 3.8) is 0 Å². The minimum atomic E-state index is 0.364. The summed E-state index contributed by atoms with van der Waals surface area (Å²) >= 11 is 0. The molecule has 0 aromatic carbocycles. The van der Waals surface area contributed by atoms with Gasteiger partial charge in [0.25, 0.3) is 0 Å². The molecule has 1 rings (SSSR count). The third-order valence-corrected chi connectivity index (χ3v) is 2.20. The van der Waals surface area contributed by atoms with Crippen LogP contribution < -0.4 is 5.32 Å². The zero-order valence-corrected chi connectivity index (χ0v) is 7.93. The lowest BCUT2D eigenvalue weighted by atomic mass is 9.89. The van der Waals surface area contributed by atoms with Crippen LogP contribution in [0.2, 0.25) is 0 Å². The lowest BCUT2D eigenvalue weighted by molar-refractivity contribution is 0.153. The van der Waals surface area contributed by atoms with E-state index in [9.17, 15) is 0 Å². The lowest BCUT2D eigenvalue weighted by Gasteiger charge is -2.27. The van der Waals surface area contributed by atoms with Crippen LogP contribution in [0.5, 0.6) is 0 Å². The highest BCUT2D eigenvalue weighted by Crippen LogP contribution is 2.16. The molecule has 0 spiro atoms. The first kappa shape index (κ1) is 10.9. The molecular formula is C9H21NO. The fraction of sp³-hybridized carbons (Fsp3) is 1.00. The fourth-order valence-corrected chi connectivity index (χ4v) is 1.34. The minimum Gasteiger partial charge on any atom is -0.396 e. The van der Waals surface area contributed by atoms with Gasteiger partial charge in [0.05, 0.1) is 0 Å². The number of hydrogen-bond donors (Lipinski definition) is 2. The Morgan fingerprint density at radius 1 is 1.45 bits per heavy atom. The van der Waals surface area contributed by atoms with Crippen LogP contribution in [0.1, 0.15) is 27.2 Å². The maximum Gasteiger partial charge on any atom is 0.0462 e. The van der Waals surface area contributed by atoms with Crippen molar-refractivity contribution in [1.29, 1.82) is 0 Å². The molecule has 0 aromatic heterocycles. The van der Waals surface area contributed by atoms with E-state index in [-0.39, 0.29) is 0 Å². The second-order valence-corrected chi connectivity index (χ2v) is 2.91. The molecule has 0 bridgehead atoms. The molecule has 0 aliphatic carbocycles. The van der Waals surface area contributed by atoms with E-state index < -0.39 is 0 Å². The molecule has 2 atom stereocenters. The molecule has 0 saturated carbocycles. The molecule has 2 N–H and O–H groups in total. The lowest BCUT2D eigenvalue weighted by Crippen LogP contribution is -2.36. The van der Waals surface area contributed by atoms with Gasteiger partial charge in [0, 0.05) is 6.61 Å². The van der Waals surface area contributed by atoms with Gasteiger partial charge in [-0.25, -0.2) is 0 Å². The van der Waals surface area contributed by atoms with Gasteiger partial charge in [0.1, 0.15) is 0 Å². The van der Waals surface area contributed by atoms with Crippen molar-refractivity contribution in [3.8, 4) is 0 Å². The number of rotatable bonds is 1. The Balaban J connectivity index is 0.000000461. The summed E-state index contributed by atoms with van der Waals surface area (Å²) in [5, 5.41) is 12.1. The first-order valence-corrected chi connectivity index (χ1v) is 4.66. The number of aliphatic hydroxyl groups is 1. The van der Waals surface area contributed by atoms with Crippen LogP contribution in [0.25, 0.3) is 0 Å². The Hall–Kier alpha value is -0.0800. The average molecular weight is 159 g/mol. The van der Waals surface area contributed by atoms with Crippen LogP contribution in [0, 0.1) is 11.8 Å². The summed E-state index contributed by atoms with van der Waals surface area (Å²) in [5.41, 5.74) is 0. The van der Waals surface area contributed by atoms with E-state index in [0.717, 1.165) is 19.5 Å². The van der Waals surface area contributed by atoms with Gasteiger partial charge < -0.3 is 10.4 Å². The van der Waals surface area contributed by atoms with Gasteiger partial charge in [0.2, 0.25) is 0 Å². The second kappa shape index (κ2) is 6.62. The molecule has 2 heteroatoms. The van der Waals surface area contributed by atoms with Crippen LogP contribution in [0.15, 0.2) is 0 Å². The van der Waals surface area contributed by atoms with Crippen molar-refractivity contribution in [3.05, 3.63) is 0 Å². The molecule has 68 valence electrons. The van der Waals surface area contributed by atoms with Crippen molar-refractivity contribution in [2.45, 2.75) is 27.2 Å². The van der Waals surface area contributed by atoms with Crippen LogP contribution >= 0.6 is 0 Å². The van der Waals surface area contributed by atoms with Gasteiger partial charge in [-0.15, -0.1) is 0 Å². The molecule has 1 aliphatic heterocycles. The van der Waals surface area contributed by atoms with Crippen LogP contribution in [-0.4, -0.2) is 24.8 Å². The molecule has 0 aromatic rings. The van der Waals surface area contributed by atoms with Gasteiger partial charge in [-0.2, -0.15) is 0 Å². The summed E-state index contributed by atoms with van der Waals surface area (Å²) in [4.78, 5) is 0. The van der Waals surface area contributed by atoms with E-state index in [1.165, 1.54) is 0 Å². The van der Waals surface area contributed by atoms with Crippen molar-refractivity contribution in [2.24, 2.45) is 11.8 Å². The monoisotopic (exact) mass is 159 g/mol. The van der Waals surface area contributed by atoms with Gasteiger partial charge in [-0.05, 0) is 31.3 Å². The first-order chi connectivity index (χ1) is 5.34. The average Bonchev–Trinajstić information content (AvgIpc) is 2.09. The third kappa shape index (κ3) is 3.73. The minimum absolute atomic E-state index is 0.364. The van der Waals surface area contributed by atoms with E-state index in [1.54, 1.807) is 0 Å². The highest BCUT2D eigenvalue weighted by molar-refractivity contribution is 4.73. The van der Waals surface area contributed by atoms with Crippen molar-refractivity contribution in [2.75, 3.05) is 19.7 Å². The summed E-state index contributed by atoms with van der Waals surface area (Å²) in [7, 11) is 0. The molecule has 1 heterocycles. The predicted octanol–water partition coefficient (Wildman–Crippen LogP) is 1.25. The summed E-state index contributed by atoms with van der Waals surface area (Å²) < 4.78 is 0. The van der Waals surface area contributed by atoms with Gasteiger partial charge in [-0.3, -0.25) is 0 Å². The SMILES string of the molecule is CC.C[C@@H]1CNCCC1CO.